The Morgan fingerprint density at radius 3 is 1.79 bits per heavy atom. The summed E-state index contributed by atoms with van der Waals surface area (Å²) < 4.78 is 0. The Morgan fingerprint density at radius 2 is 1.25 bits per heavy atom. The molecule has 3 aromatic rings. The maximum Gasteiger partial charge on any atom is 0.435 e. The highest BCUT2D eigenvalue weighted by molar-refractivity contribution is 5.86. The van der Waals surface area contributed by atoms with Crippen LogP contribution in [-0.2, 0) is 16.2 Å². The second-order valence-corrected chi connectivity index (χ2v) is 6.64. The van der Waals surface area contributed by atoms with Gasteiger partial charge in [-0.2, -0.15) is 5.06 Å². The van der Waals surface area contributed by atoms with E-state index in [9.17, 15) is 9.59 Å². The molecular weight excluding hydrogens is 352 g/mol. The van der Waals surface area contributed by atoms with Gasteiger partial charge < -0.3 is 4.84 Å². The van der Waals surface area contributed by atoms with Gasteiger partial charge in [0.1, 0.15) is 12.6 Å². The Balaban J connectivity index is 1.60. The molecule has 0 bridgehead atoms. The molecule has 28 heavy (non-hydrogen) atoms. The Labute approximate surface area is 163 Å². The third-order valence-electron chi connectivity index (χ3n) is 4.69. The number of hydrogen-bond acceptors (Lipinski definition) is 3. The monoisotopic (exact) mass is 372 g/mol. The van der Waals surface area contributed by atoms with Crippen LogP contribution in [0.1, 0.15) is 22.7 Å². The van der Waals surface area contributed by atoms with Crippen LogP contribution >= 0.6 is 0 Å². The predicted octanol–water partition coefficient (Wildman–Crippen LogP) is 4.17. The second kappa shape index (κ2) is 7.96. The van der Waals surface area contributed by atoms with E-state index in [2.05, 4.69) is 0 Å². The summed E-state index contributed by atoms with van der Waals surface area (Å²) in [6, 6.07) is 28.2. The smallest absolute Gasteiger partial charge is 0.318 e. The average molecular weight is 372 g/mol. The maximum atomic E-state index is 12.9. The molecule has 0 atom stereocenters. The molecule has 0 aromatic heterocycles. The quantitative estimate of drug-likeness (QED) is 0.675. The summed E-state index contributed by atoms with van der Waals surface area (Å²) in [5.74, 6) is -0.256. The number of benzene rings is 3. The predicted molar refractivity (Wildman–Crippen MR) is 105 cm³/mol. The molecule has 4 rings (SSSR count). The summed E-state index contributed by atoms with van der Waals surface area (Å²) >= 11 is 0. The van der Waals surface area contributed by atoms with Crippen molar-refractivity contribution >= 4 is 12.0 Å². The Kier molecular flexibility index (Phi) is 5.06. The van der Waals surface area contributed by atoms with Crippen molar-refractivity contribution < 1.29 is 14.4 Å². The minimum absolute atomic E-state index is 0.0239. The Hall–Kier alpha value is -3.60. The van der Waals surface area contributed by atoms with Crippen molar-refractivity contribution in [1.29, 1.82) is 0 Å². The SMILES string of the molecule is O=C1ON(C(c2ccccc2)c2ccccc2)C(=O)CN1Cc1ccccc1. The molecule has 5 nitrogen and oxygen atoms in total. The lowest BCUT2D eigenvalue weighted by Crippen LogP contribution is -2.52. The van der Waals surface area contributed by atoms with Gasteiger partial charge in [0.25, 0.3) is 5.91 Å². The number of hydrogen-bond donors (Lipinski definition) is 0. The van der Waals surface area contributed by atoms with Crippen LogP contribution < -0.4 is 0 Å². The fourth-order valence-electron chi connectivity index (χ4n) is 3.35. The van der Waals surface area contributed by atoms with Crippen LogP contribution in [0.25, 0.3) is 0 Å². The zero-order valence-corrected chi connectivity index (χ0v) is 15.3. The van der Waals surface area contributed by atoms with E-state index >= 15 is 0 Å². The summed E-state index contributed by atoms with van der Waals surface area (Å²) in [7, 11) is 0. The third kappa shape index (κ3) is 3.74. The van der Waals surface area contributed by atoms with Crippen LogP contribution in [-0.4, -0.2) is 28.5 Å². The number of carbonyl (C=O) groups excluding carboxylic acids is 2. The van der Waals surface area contributed by atoms with Gasteiger partial charge in [0.2, 0.25) is 0 Å². The van der Waals surface area contributed by atoms with Gasteiger partial charge in [-0.1, -0.05) is 91.0 Å². The number of amides is 2. The van der Waals surface area contributed by atoms with Crippen molar-refractivity contribution in [2.75, 3.05) is 6.54 Å². The van der Waals surface area contributed by atoms with Gasteiger partial charge in [-0.15, -0.1) is 0 Å². The Morgan fingerprint density at radius 1 is 0.750 bits per heavy atom. The average Bonchev–Trinajstić information content (AvgIpc) is 2.74. The molecule has 0 spiro atoms. The molecule has 1 saturated heterocycles. The minimum atomic E-state index is -0.527. The zero-order valence-electron chi connectivity index (χ0n) is 15.3. The lowest BCUT2D eigenvalue weighted by atomic mass is 9.98. The van der Waals surface area contributed by atoms with Crippen LogP contribution in [0.2, 0.25) is 0 Å². The van der Waals surface area contributed by atoms with E-state index in [1.54, 1.807) is 0 Å². The second-order valence-electron chi connectivity index (χ2n) is 6.64. The molecule has 1 heterocycles. The molecule has 0 saturated carbocycles. The van der Waals surface area contributed by atoms with Gasteiger partial charge in [-0.3, -0.25) is 9.69 Å². The minimum Gasteiger partial charge on any atom is -0.318 e. The van der Waals surface area contributed by atoms with Crippen molar-refractivity contribution in [1.82, 2.24) is 9.96 Å². The van der Waals surface area contributed by atoms with Crippen LogP contribution in [0.5, 0.6) is 0 Å². The van der Waals surface area contributed by atoms with E-state index in [1.165, 1.54) is 9.96 Å². The topological polar surface area (TPSA) is 49.9 Å². The highest BCUT2D eigenvalue weighted by Gasteiger charge is 2.37. The molecule has 1 fully saturated rings. The summed E-state index contributed by atoms with van der Waals surface area (Å²) in [4.78, 5) is 32.5. The molecule has 140 valence electrons. The van der Waals surface area contributed by atoms with E-state index in [0.717, 1.165) is 16.7 Å². The van der Waals surface area contributed by atoms with Crippen LogP contribution in [0.15, 0.2) is 91.0 Å². The first kappa shape index (κ1) is 17.8. The summed E-state index contributed by atoms with van der Waals surface area (Å²) in [5, 5.41) is 1.20. The van der Waals surface area contributed by atoms with E-state index in [4.69, 9.17) is 4.84 Å². The molecule has 5 heteroatoms. The van der Waals surface area contributed by atoms with Crippen LogP contribution in [0.3, 0.4) is 0 Å². The first-order chi connectivity index (χ1) is 13.7. The van der Waals surface area contributed by atoms with Crippen molar-refractivity contribution in [3.8, 4) is 0 Å². The molecule has 1 aliphatic heterocycles. The van der Waals surface area contributed by atoms with Gasteiger partial charge in [0.15, 0.2) is 0 Å². The summed E-state index contributed by atoms with van der Waals surface area (Å²) in [6.07, 6.45) is -0.527. The van der Waals surface area contributed by atoms with E-state index < -0.39 is 12.1 Å². The van der Waals surface area contributed by atoms with Crippen LogP contribution in [0.4, 0.5) is 4.79 Å². The molecule has 1 aliphatic rings. The molecule has 0 N–H and O–H groups in total. The third-order valence-corrected chi connectivity index (χ3v) is 4.69. The molecule has 3 aromatic carbocycles. The molecular formula is C23H20N2O3. The molecule has 0 aliphatic carbocycles. The normalized spacial score (nSPS) is 14.3. The highest BCUT2D eigenvalue weighted by atomic mass is 16.7. The van der Waals surface area contributed by atoms with E-state index in [0.29, 0.717) is 6.54 Å². The van der Waals surface area contributed by atoms with Gasteiger partial charge in [0, 0.05) is 6.54 Å². The maximum absolute atomic E-state index is 12.9. The lowest BCUT2D eigenvalue weighted by molar-refractivity contribution is -0.188. The fourth-order valence-corrected chi connectivity index (χ4v) is 3.35. The largest absolute Gasteiger partial charge is 0.435 e. The van der Waals surface area contributed by atoms with Gasteiger partial charge in [-0.25, -0.2) is 4.79 Å². The fraction of sp³-hybridized carbons (Fsp3) is 0.130. The molecule has 0 unspecified atom stereocenters. The number of nitrogens with zero attached hydrogens (tertiary/aromatic N) is 2. The van der Waals surface area contributed by atoms with Gasteiger partial charge in [0.05, 0.1) is 0 Å². The number of carbonyl (C=O) groups is 2. The standard InChI is InChI=1S/C23H20N2O3/c26-21-17-24(16-18-10-4-1-5-11-18)23(27)28-25(21)22(19-12-6-2-7-13-19)20-14-8-3-9-15-20/h1-15,22H,16-17H2. The van der Waals surface area contributed by atoms with Crippen molar-refractivity contribution in [2.24, 2.45) is 0 Å². The van der Waals surface area contributed by atoms with Crippen molar-refractivity contribution in [3.63, 3.8) is 0 Å². The van der Waals surface area contributed by atoms with Crippen LogP contribution in [0, 0.1) is 0 Å². The first-order valence-corrected chi connectivity index (χ1v) is 9.15. The van der Waals surface area contributed by atoms with E-state index in [-0.39, 0.29) is 12.5 Å². The first-order valence-electron chi connectivity index (χ1n) is 9.15. The summed E-state index contributed by atoms with van der Waals surface area (Å²) in [6.45, 7) is 0.310. The number of rotatable bonds is 5. The molecule has 0 radical (unpaired) electrons. The lowest BCUT2D eigenvalue weighted by Gasteiger charge is -2.37. The van der Waals surface area contributed by atoms with Gasteiger partial charge >= 0.3 is 6.09 Å². The molecule has 2 amide bonds. The zero-order chi connectivity index (χ0) is 19.3. The van der Waals surface area contributed by atoms with Crippen molar-refractivity contribution in [2.45, 2.75) is 12.6 Å². The summed E-state index contributed by atoms with van der Waals surface area (Å²) in [5.41, 5.74) is 2.71. The highest BCUT2D eigenvalue weighted by Crippen LogP contribution is 2.31. The number of hydroxylamine groups is 2. The van der Waals surface area contributed by atoms with E-state index in [1.807, 2.05) is 91.0 Å². The Bertz CT molecular complexity index is 906. The van der Waals surface area contributed by atoms with Crippen molar-refractivity contribution in [3.05, 3.63) is 108 Å². The van der Waals surface area contributed by atoms with Gasteiger partial charge in [-0.05, 0) is 16.7 Å².